The third kappa shape index (κ3) is 2.17. The van der Waals surface area contributed by atoms with Gasteiger partial charge in [-0.25, -0.2) is 0 Å². The lowest BCUT2D eigenvalue weighted by Gasteiger charge is -2.18. The van der Waals surface area contributed by atoms with Crippen molar-refractivity contribution in [3.05, 3.63) is 48.2 Å². The molecular weight excluding hydrogens is 260 g/mol. The quantitative estimate of drug-likeness (QED) is 0.861. The fourth-order valence-electron chi connectivity index (χ4n) is 3.88. The number of nitrogens with zero attached hydrogens (tertiary/aromatic N) is 1. The van der Waals surface area contributed by atoms with Crippen molar-refractivity contribution in [2.45, 2.75) is 12.8 Å². The van der Waals surface area contributed by atoms with Gasteiger partial charge in [0.1, 0.15) is 0 Å². The summed E-state index contributed by atoms with van der Waals surface area (Å²) in [5.41, 5.74) is 1.91. The number of aryl methyl sites for hydroxylation is 1. The van der Waals surface area contributed by atoms with Gasteiger partial charge < -0.3 is 9.88 Å². The number of carbonyl (C=O) groups is 1. The van der Waals surface area contributed by atoms with Crippen molar-refractivity contribution < 1.29 is 4.79 Å². The summed E-state index contributed by atoms with van der Waals surface area (Å²) in [6.45, 7) is 0.803. The van der Waals surface area contributed by atoms with Crippen LogP contribution in [-0.2, 0) is 7.05 Å². The molecule has 0 spiro atoms. The van der Waals surface area contributed by atoms with E-state index >= 15 is 0 Å². The largest absolute Gasteiger partial charge is 0.352 e. The highest BCUT2D eigenvalue weighted by Gasteiger charge is 2.35. The van der Waals surface area contributed by atoms with Gasteiger partial charge in [-0.05, 0) is 54.9 Å². The number of aromatic nitrogens is 1. The van der Waals surface area contributed by atoms with E-state index in [0.29, 0.717) is 11.8 Å². The lowest BCUT2D eigenvalue weighted by atomic mass is 9.93. The van der Waals surface area contributed by atoms with Crippen LogP contribution in [0.4, 0.5) is 0 Å². The average molecular weight is 280 g/mol. The second-order valence-electron chi connectivity index (χ2n) is 6.45. The molecule has 3 atom stereocenters. The van der Waals surface area contributed by atoms with Gasteiger partial charge in [0.05, 0.1) is 0 Å². The molecule has 1 aromatic heterocycles. The molecule has 3 nitrogen and oxygen atoms in total. The van der Waals surface area contributed by atoms with Crippen LogP contribution in [0.1, 0.15) is 23.2 Å². The summed E-state index contributed by atoms with van der Waals surface area (Å²) in [7, 11) is 2.02. The highest BCUT2D eigenvalue weighted by molar-refractivity contribution is 5.98. The Kier molecular flexibility index (Phi) is 2.88. The zero-order valence-electron chi connectivity index (χ0n) is 12.3. The van der Waals surface area contributed by atoms with Crippen LogP contribution in [0.25, 0.3) is 10.9 Å². The maximum absolute atomic E-state index is 12.3. The van der Waals surface area contributed by atoms with Crippen LogP contribution in [0.3, 0.4) is 0 Å². The number of fused-ring (bicyclic) bond motifs is 3. The number of carbonyl (C=O) groups excluding carboxylic acids is 1. The molecular formula is C18H20N2O. The van der Waals surface area contributed by atoms with Crippen molar-refractivity contribution in [3.63, 3.8) is 0 Å². The van der Waals surface area contributed by atoms with Gasteiger partial charge in [-0.1, -0.05) is 12.2 Å². The first-order chi connectivity index (χ1) is 10.2. The number of rotatable bonds is 3. The third-order valence-electron chi connectivity index (χ3n) is 5.09. The molecule has 21 heavy (non-hydrogen) atoms. The number of hydrogen-bond donors (Lipinski definition) is 1. The molecule has 108 valence electrons. The molecule has 0 saturated heterocycles. The Hall–Kier alpha value is -2.03. The second kappa shape index (κ2) is 4.76. The lowest BCUT2D eigenvalue weighted by molar-refractivity contribution is 0.0945. The highest BCUT2D eigenvalue weighted by atomic mass is 16.1. The predicted molar refractivity (Wildman–Crippen MR) is 84.1 cm³/mol. The SMILES string of the molecule is Cn1ccc2cc(C(=O)NCC3CC4C=CC3C4)ccc21. The molecule has 0 radical (unpaired) electrons. The summed E-state index contributed by atoms with van der Waals surface area (Å²) in [5, 5.41) is 4.24. The van der Waals surface area contributed by atoms with E-state index in [2.05, 4.69) is 22.0 Å². The van der Waals surface area contributed by atoms with Gasteiger partial charge in [-0.3, -0.25) is 4.79 Å². The maximum Gasteiger partial charge on any atom is 0.251 e. The van der Waals surface area contributed by atoms with Crippen molar-refractivity contribution in [2.24, 2.45) is 24.8 Å². The number of nitrogens with one attached hydrogen (secondary N) is 1. The lowest BCUT2D eigenvalue weighted by Crippen LogP contribution is -2.30. The maximum atomic E-state index is 12.3. The number of amides is 1. The summed E-state index contributed by atoms with van der Waals surface area (Å²) < 4.78 is 2.07. The Morgan fingerprint density at radius 1 is 1.29 bits per heavy atom. The first kappa shape index (κ1) is 12.7. The van der Waals surface area contributed by atoms with Crippen LogP contribution >= 0.6 is 0 Å². The monoisotopic (exact) mass is 280 g/mol. The van der Waals surface area contributed by atoms with Gasteiger partial charge in [0.2, 0.25) is 0 Å². The fourth-order valence-corrected chi connectivity index (χ4v) is 3.88. The first-order valence-corrected chi connectivity index (χ1v) is 7.72. The summed E-state index contributed by atoms with van der Waals surface area (Å²) in [4.78, 5) is 12.3. The van der Waals surface area contributed by atoms with Crippen LogP contribution < -0.4 is 5.32 Å². The predicted octanol–water partition coefficient (Wildman–Crippen LogP) is 3.12. The Morgan fingerprint density at radius 3 is 2.95 bits per heavy atom. The molecule has 4 rings (SSSR count). The van der Waals surface area contributed by atoms with Gasteiger partial charge in [0.25, 0.3) is 5.91 Å². The third-order valence-corrected chi connectivity index (χ3v) is 5.09. The van der Waals surface area contributed by atoms with E-state index in [4.69, 9.17) is 0 Å². The van der Waals surface area contributed by atoms with Gasteiger partial charge >= 0.3 is 0 Å². The topological polar surface area (TPSA) is 34.0 Å². The Labute approximate surface area is 124 Å². The van der Waals surface area contributed by atoms with Crippen molar-refractivity contribution in [2.75, 3.05) is 6.54 Å². The van der Waals surface area contributed by atoms with Gasteiger partial charge in [-0.15, -0.1) is 0 Å². The summed E-state index contributed by atoms with van der Waals surface area (Å²) in [6, 6.07) is 7.96. The Balaban J connectivity index is 1.45. The summed E-state index contributed by atoms with van der Waals surface area (Å²) >= 11 is 0. The molecule has 0 aliphatic heterocycles. The van der Waals surface area contributed by atoms with Gasteiger partial charge in [0.15, 0.2) is 0 Å². The summed E-state index contributed by atoms with van der Waals surface area (Å²) in [6.07, 6.45) is 9.22. The van der Waals surface area contributed by atoms with E-state index in [0.717, 1.165) is 28.9 Å². The minimum Gasteiger partial charge on any atom is -0.352 e. The van der Waals surface area contributed by atoms with Crippen LogP contribution in [0.15, 0.2) is 42.6 Å². The van der Waals surface area contributed by atoms with Crippen molar-refractivity contribution in [1.29, 1.82) is 0 Å². The first-order valence-electron chi connectivity index (χ1n) is 7.72. The van der Waals surface area contributed by atoms with Crippen molar-refractivity contribution in [3.8, 4) is 0 Å². The standard InChI is InChI=1S/C18H20N2O/c1-20-7-6-14-10-15(4-5-17(14)20)18(21)19-11-16-9-12-2-3-13(16)8-12/h2-7,10,12-13,16H,8-9,11H2,1H3,(H,19,21). The molecule has 1 fully saturated rings. The number of allylic oxidation sites excluding steroid dienone is 2. The second-order valence-corrected chi connectivity index (χ2v) is 6.45. The van der Waals surface area contributed by atoms with E-state index < -0.39 is 0 Å². The number of benzene rings is 1. The molecule has 3 unspecified atom stereocenters. The molecule has 1 N–H and O–H groups in total. The molecule has 2 bridgehead atoms. The van der Waals surface area contributed by atoms with Crippen LogP contribution in [-0.4, -0.2) is 17.0 Å². The highest BCUT2D eigenvalue weighted by Crippen LogP contribution is 2.42. The minimum absolute atomic E-state index is 0.0486. The molecule has 1 amide bonds. The van der Waals surface area contributed by atoms with Crippen LogP contribution in [0, 0.1) is 17.8 Å². The van der Waals surface area contributed by atoms with Gasteiger partial charge in [-0.2, -0.15) is 0 Å². The minimum atomic E-state index is 0.0486. The molecule has 3 heteroatoms. The van der Waals surface area contributed by atoms with Crippen LogP contribution in [0.5, 0.6) is 0 Å². The Morgan fingerprint density at radius 2 is 2.19 bits per heavy atom. The van der Waals surface area contributed by atoms with Crippen LogP contribution in [0.2, 0.25) is 0 Å². The van der Waals surface area contributed by atoms with Crippen molar-refractivity contribution >= 4 is 16.8 Å². The van der Waals surface area contributed by atoms with E-state index in [-0.39, 0.29) is 5.91 Å². The van der Waals surface area contributed by atoms with E-state index in [1.54, 1.807) is 0 Å². The zero-order valence-corrected chi connectivity index (χ0v) is 12.3. The molecule has 1 aromatic carbocycles. The summed E-state index contributed by atoms with van der Waals surface area (Å²) in [5.74, 6) is 2.13. The Bertz CT molecular complexity index is 728. The average Bonchev–Trinajstić information content (AvgIpc) is 3.20. The fraction of sp³-hybridized carbons (Fsp3) is 0.389. The molecule has 2 aromatic rings. The molecule has 1 saturated carbocycles. The molecule has 2 aliphatic rings. The van der Waals surface area contributed by atoms with Crippen molar-refractivity contribution in [1.82, 2.24) is 9.88 Å². The number of hydrogen-bond acceptors (Lipinski definition) is 1. The zero-order chi connectivity index (χ0) is 14.4. The van der Waals surface area contributed by atoms with E-state index in [1.165, 1.54) is 12.8 Å². The van der Waals surface area contributed by atoms with E-state index in [9.17, 15) is 4.79 Å². The normalized spacial score (nSPS) is 26.6. The smallest absolute Gasteiger partial charge is 0.251 e. The van der Waals surface area contributed by atoms with Gasteiger partial charge in [0, 0.05) is 36.3 Å². The molecule has 2 aliphatic carbocycles. The van der Waals surface area contributed by atoms with E-state index in [1.807, 2.05) is 37.5 Å². The molecule has 1 heterocycles.